The van der Waals surface area contributed by atoms with Crippen LogP contribution in [0.4, 0.5) is 0 Å². The first-order valence-electron chi connectivity index (χ1n) is 4.00. The van der Waals surface area contributed by atoms with Gasteiger partial charge in [0.2, 0.25) is 0 Å². The molecule has 0 heterocycles. The number of hydrogen-bond donors (Lipinski definition) is 1. The molecule has 1 amide bonds. The zero-order valence-corrected chi connectivity index (χ0v) is 7.77. The molecule has 0 aromatic carbocycles. The van der Waals surface area contributed by atoms with Crippen molar-refractivity contribution < 1.29 is 14.8 Å². The van der Waals surface area contributed by atoms with Gasteiger partial charge in [0, 0.05) is 32.0 Å². The van der Waals surface area contributed by atoms with Crippen LogP contribution in [0.5, 0.6) is 0 Å². The molecule has 0 aromatic heterocycles. The summed E-state index contributed by atoms with van der Waals surface area (Å²) < 4.78 is 0. The van der Waals surface area contributed by atoms with Gasteiger partial charge < -0.3 is 10.0 Å². The highest BCUT2D eigenvalue weighted by Crippen LogP contribution is 1.96. The summed E-state index contributed by atoms with van der Waals surface area (Å²) in [4.78, 5) is 22.0. The number of nitrogens with zero attached hydrogens (tertiary/aromatic N) is 2. The fraction of sp³-hybridized carbons (Fsp3) is 0.857. The predicted molar refractivity (Wildman–Crippen MR) is 45.8 cm³/mol. The third-order valence-electron chi connectivity index (χ3n) is 1.70. The smallest absolute Gasteiger partial charge is 0.296 e. The van der Waals surface area contributed by atoms with Crippen molar-refractivity contribution in [2.75, 3.05) is 20.2 Å². The molecule has 0 aliphatic rings. The Labute approximate surface area is 76.3 Å². The molecule has 6 nitrogen and oxygen atoms in total. The van der Waals surface area contributed by atoms with Gasteiger partial charge in [-0.2, -0.15) is 0 Å². The summed E-state index contributed by atoms with van der Waals surface area (Å²) in [6.07, 6.45) is 0.437. The van der Waals surface area contributed by atoms with Crippen molar-refractivity contribution in [3.05, 3.63) is 10.1 Å². The van der Waals surface area contributed by atoms with E-state index in [1.165, 1.54) is 18.9 Å². The molecule has 1 N–H and O–H groups in total. The maximum absolute atomic E-state index is 11.2. The van der Waals surface area contributed by atoms with E-state index < -0.39 is 16.9 Å². The van der Waals surface area contributed by atoms with E-state index in [1.807, 2.05) is 0 Å². The number of hydrogen-bond acceptors (Lipinski definition) is 4. The molecule has 0 aliphatic carbocycles. The number of carbonyl (C=O) groups is 1. The van der Waals surface area contributed by atoms with Crippen molar-refractivity contribution in [1.29, 1.82) is 0 Å². The molecular formula is C7H14N2O4. The van der Waals surface area contributed by atoms with Crippen LogP contribution in [-0.2, 0) is 4.79 Å². The second-order valence-corrected chi connectivity index (χ2v) is 2.80. The predicted octanol–water partition coefficient (Wildman–Crippen LogP) is -0.508. The molecular weight excluding hydrogens is 176 g/mol. The number of likely N-dealkylation sites (N-methyl/N-ethyl adjacent to an activating group) is 1. The van der Waals surface area contributed by atoms with Crippen molar-refractivity contribution in [3.8, 4) is 0 Å². The molecule has 76 valence electrons. The Morgan fingerprint density at radius 1 is 1.69 bits per heavy atom. The van der Waals surface area contributed by atoms with Gasteiger partial charge in [-0.15, -0.1) is 0 Å². The van der Waals surface area contributed by atoms with Gasteiger partial charge in [0.25, 0.3) is 11.9 Å². The van der Waals surface area contributed by atoms with Crippen LogP contribution in [-0.4, -0.2) is 47.1 Å². The zero-order valence-electron chi connectivity index (χ0n) is 7.77. The van der Waals surface area contributed by atoms with Crippen LogP contribution >= 0.6 is 0 Å². The molecule has 0 aromatic rings. The van der Waals surface area contributed by atoms with E-state index in [4.69, 9.17) is 5.11 Å². The van der Waals surface area contributed by atoms with Crippen molar-refractivity contribution >= 4 is 5.91 Å². The first-order valence-corrected chi connectivity index (χ1v) is 4.00. The van der Waals surface area contributed by atoms with E-state index in [1.54, 1.807) is 0 Å². The molecule has 0 aliphatic heterocycles. The average Bonchev–Trinajstić information content (AvgIpc) is 2.11. The lowest BCUT2D eigenvalue weighted by atomic mass is 10.3. The van der Waals surface area contributed by atoms with E-state index in [0.29, 0.717) is 13.0 Å². The average molecular weight is 190 g/mol. The summed E-state index contributed by atoms with van der Waals surface area (Å²) in [7, 11) is 1.48. The number of aliphatic hydroxyl groups excluding tert-OH is 1. The summed E-state index contributed by atoms with van der Waals surface area (Å²) >= 11 is 0. The Balaban J connectivity index is 4.01. The van der Waals surface area contributed by atoms with Gasteiger partial charge in [0.05, 0.1) is 0 Å². The lowest BCUT2D eigenvalue weighted by Gasteiger charge is -2.16. The van der Waals surface area contributed by atoms with Gasteiger partial charge in [-0.3, -0.25) is 14.9 Å². The van der Waals surface area contributed by atoms with Crippen molar-refractivity contribution in [3.63, 3.8) is 0 Å². The Morgan fingerprint density at radius 3 is 2.62 bits per heavy atom. The third kappa shape index (κ3) is 3.84. The fourth-order valence-electron chi connectivity index (χ4n) is 0.827. The van der Waals surface area contributed by atoms with Gasteiger partial charge in [-0.05, 0) is 6.42 Å². The Hall–Kier alpha value is -1.17. The maximum Gasteiger partial charge on any atom is 0.296 e. The van der Waals surface area contributed by atoms with E-state index in [-0.39, 0.29) is 6.61 Å². The summed E-state index contributed by atoms with van der Waals surface area (Å²) in [5.41, 5.74) is 0. The molecule has 1 atom stereocenters. The summed E-state index contributed by atoms with van der Waals surface area (Å²) in [6, 6.07) is -1.20. The molecule has 1 unspecified atom stereocenters. The minimum atomic E-state index is -1.20. The van der Waals surface area contributed by atoms with Crippen LogP contribution in [0.25, 0.3) is 0 Å². The highest BCUT2D eigenvalue weighted by Gasteiger charge is 2.26. The SMILES string of the molecule is CC(C(=O)N(C)CCCO)[N+](=O)[O-]. The summed E-state index contributed by atoms with van der Waals surface area (Å²) in [6.45, 7) is 1.57. The Bertz CT molecular complexity index is 195. The molecule has 0 rings (SSSR count). The van der Waals surface area contributed by atoms with Crippen molar-refractivity contribution in [1.82, 2.24) is 4.90 Å². The second kappa shape index (κ2) is 5.47. The van der Waals surface area contributed by atoms with Crippen LogP contribution in [0, 0.1) is 10.1 Å². The Morgan fingerprint density at radius 2 is 2.23 bits per heavy atom. The van der Waals surface area contributed by atoms with Gasteiger partial charge in [0.1, 0.15) is 0 Å². The first kappa shape index (κ1) is 11.8. The molecule has 6 heteroatoms. The van der Waals surface area contributed by atoms with Crippen molar-refractivity contribution in [2.24, 2.45) is 0 Å². The molecule has 13 heavy (non-hydrogen) atoms. The summed E-state index contributed by atoms with van der Waals surface area (Å²) in [5.74, 6) is -0.529. The van der Waals surface area contributed by atoms with E-state index in [2.05, 4.69) is 0 Å². The van der Waals surface area contributed by atoms with Gasteiger partial charge in [-0.1, -0.05) is 0 Å². The van der Waals surface area contributed by atoms with Crippen LogP contribution < -0.4 is 0 Å². The number of amides is 1. The van der Waals surface area contributed by atoms with Crippen LogP contribution in [0.3, 0.4) is 0 Å². The van der Waals surface area contributed by atoms with E-state index >= 15 is 0 Å². The normalized spacial score (nSPS) is 12.2. The van der Waals surface area contributed by atoms with Gasteiger partial charge >= 0.3 is 0 Å². The number of carbonyl (C=O) groups excluding carboxylic acids is 1. The monoisotopic (exact) mass is 190 g/mol. The maximum atomic E-state index is 11.2. The highest BCUT2D eigenvalue weighted by atomic mass is 16.6. The van der Waals surface area contributed by atoms with Crippen LogP contribution in [0.15, 0.2) is 0 Å². The minimum absolute atomic E-state index is 0.0233. The largest absolute Gasteiger partial charge is 0.396 e. The Kier molecular flexibility index (Phi) is 4.98. The number of rotatable bonds is 5. The van der Waals surface area contributed by atoms with E-state index in [0.717, 1.165) is 0 Å². The highest BCUT2D eigenvalue weighted by molar-refractivity contribution is 5.79. The lowest BCUT2D eigenvalue weighted by Crippen LogP contribution is -2.39. The standard InChI is InChI=1S/C7H14N2O4/c1-6(9(12)13)7(11)8(2)4-3-5-10/h6,10H,3-5H2,1-2H3. The first-order chi connectivity index (χ1) is 6.00. The summed E-state index contributed by atoms with van der Waals surface area (Å²) in [5, 5.41) is 18.7. The molecule has 0 saturated heterocycles. The molecule has 0 radical (unpaired) electrons. The van der Waals surface area contributed by atoms with Gasteiger partial charge in [0.15, 0.2) is 0 Å². The third-order valence-corrected chi connectivity index (χ3v) is 1.70. The number of nitro groups is 1. The molecule has 0 saturated carbocycles. The van der Waals surface area contributed by atoms with Crippen LogP contribution in [0.2, 0.25) is 0 Å². The lowest BCUT2D eigenvalue weighted by molar-refractivity contribution is -0.504. The van der Waals surface area contributed by atoms with Crippen molar-refractivity contribution in [2.45, 2.75) is 19.4 Å². The van der Waals surface area contributed by atoms with E-state index in [9.17, 15) is 14.9 Å². The molecule has 0 bridgehead atoms. The fourth-order valence-corrected chi connectivity index (χ4v) is 0.827. The molecule has 0 fully saturated rings. The number of aliphatic hydroxyl groups is 1. The topological polar surface area (TPSA) is 83.7 Å². The molecule has 0 spiro atoms. The zero-order chi connectivity index (χ0) is 10.4. The van der Waals surface area contributed by atoms with Crippen LogP contribution in [0.1, 0.15) is 13.3 Å². The quantitative estimate of drug-likeness (QED) is 0.467. The van der Waals surface area contributed by atoms with Gasteiger partial charge in [-0.25, -0.2) is 0 Å². The second-order valence-electron chi connectivity index (χ2n) is 2.80. The minimum Gasteiger partial charge on any atom is -0.396 e.